The third-order valence-corrected chi connectivity index (χ3v) is 2.40. The molecule has 16 heavy (non-hydrogen) atoms. The van der Waals surface area contributed by atoms with E-state index in [1.807, 2.05) is 0 Å². The first-order valence-electron chi connectivity index (χ1n) is 6.31. The van der Waals surface area contributed by atoms with Gasteiger partial charge in [-0.15, -0.1) is 0 Å². The van der Waals surface area contributed by atoms with E-state index in [0.717, 1.165) is 19.3 Å². The smallest absolute Gasteiger partial charge is 0.327 e. The first-order chi connectivity index (χ1) is 7.77. The summed E-state index contributed by atoms with van der Waals surface area (Å²) in [5, 5.41) is 8.35. The lowest BCUT2D eigenvalue weighted by atomic mass is 10.1. The second-order valence-corrected chi connectivity index (χ2v) is 3.99. The van der Waals surface area contributed by atoms with Gasteiger partial charge in [0.15, 0.2) is 0 Å². The molecule has 0 fully saturated rings. The molecule has 0 spiro atoms. The van der Waals surface area contributed by atoms with Crippen LogP contribution in [-0.2, 0) is 4.79 Å². The number of rotatable bonds is 10. The quantitative estimate of drug-likeness (QED) is 0.341. The van der Waals surface area contributed by atoms with Crippen molar-refractivity contribution in [3.05, 3.63) is 24.3 Å². The van der Waals surface area contributed by atoms with Gasteiger partial charge in [0.05, 0.1) is 0 Å². The molecule has 0 aromatic carbocycles. The number of carboxylic acid groups (broad SMARTS) is 1. The molecule has 0 bridgehead atoms. The molecule has 0 aromatic heterocycles. The van der Waals surface area contributed by atoms with E-state index in [1.165, 1.54) is 38.2 Å². The Morgan fingerprint density at radius 3 is 2.25 bits per heavy atom. The predicted octanol–water partition coefficient (Wildman–Crippen LogP) is 4.32. The second kappa shape index (κ2) is 12.0. The van der Waals surface area contributed by atoms with E-state index in [0.29, 0.717) is 0 Å². The van der Waals surface area contributed by atoms with Crippen molar-refractivity contribution >= 4 is 5.97 Å². The normalized spacial score (nSPS) is 11.6. The lowest BCUT2D eigenvalue weighted by Crippen LogP contribution is -1.85. The highest BCUT2D eigenvalue weighted by atomic mass is 16.4. The van der Waals surface area contributed by atoms with Gasteiger partial charge in [-0.05, 0) is 25.7 Å². The number of allylic oxidation sites excluding steroid dienone is 3. The van der Waals surface area contributed by atoms with Crippen LogP contribution >= 0.6 is 0 Å². The number of carbonyl (C=O) groups is 1. The van der Waals surface area contributed by atoms with E-state index in [-0.39, 0.29) is 0 Å². The first kappa shape index (κ1) is 14.9. The Morgan fingerprint density at radius 2 is 1.56 bits per heavy atom. The second-order valence-electron chi connectivity index (χ2n) is 3.99. The molecule has 0 radical (unpaired) electrons. The third-order valence-electron chi connectivity index (χ3n) is 2.40. The monoisotopic (exact) mass is 224 g/mol. The molecule has 0 rings (SSSR count). The molecule has 92 valence electrons. The predicted molar refractivity (Wildman–Crippen MR) is 68.5 cm³/mol. The lowest BCUT2D eigenvalue weighted by molar-refractivity contribution is -0.131. The standard InChI is InChI=1S/C14H24O2/c1-2-3-4-5-6-7-8-9-10-11-12-13-14(15)16/h8-9,12-13H,2-7,10-11H2,1H3,(H,15,16). The van der Waals surface area contributed by atoms with Crippen LogP contribution < -0.4 is 0 Å². The summed E-state index contributed by atoms with van der Waals surface area (Å²) in [6, 6.07) is 0. The minimum absolute atomic E-state index is 0.818. The molecule has 0 aliphatic heterocycles. The summed E-state index contributed by atoms with van der Waals surface area (Å²) < 4.78 is 0. The van der Waals surface area contributed by atoms with Crippen molar-refractivity contribution < 1.29 is 9.90 Å². The van der Waals surface area contributed by atoms with Crippen LogP contribution in [0.4, 0.5) is 0 Å². The van der Waals surface area contributed by atoms with E-state index in [4.69, 9.17) is 5.11 Å². The Labute approximate surface area is 99.1 Å². The number of hydrogen-bond donors (Lipinski definition) is 1. The number of unbranched alkanes of at least 4 members (excludes halogenated alkanes) is 6. The average Bonchev–Trinajstić information content (AvgIpc) is 2.25. The highest BCUT2D eigenvalue weighted by molar-refractivity contribution is 5.79. The van der Waals surface area contributed by atoms with E-state index in [2.05, 4.69) is 19.1 Å². The van der Waals surface area contributed by atoms with E-state index in [1.54, 1.807) is 6.08 Å². The summed E-state index contributed by atoms with van der Waals surface area (Å²) in [6.07, 6.45) is 16.8. The van der Waals surface area contributed by atoms with Crippen molar-refractivity contribution in [3.63, 3.8) is 0 Å². The molecule has 0 atom stereocenters. The van der Waals surface area contributed by atoms with Crippen molar-refractivity contribution in [1.82, 2.24) is 0 Å². The van der Waals surface area contributed by atoms with Crippen molar-refractivity contribution in [2.45, 2.75) is 58.3 Å². The molecular weight excluding hydrogens is 200 g/mol. The zero-order valence-corrected chi connectivity index (χ0v) is 10.3. The highest BCUT2D eigenvalue weighted by Gasteiger charge is 1.86. The van der Waals surface area contributed by atoms with E-state index >= 15 is 0 Å². The van der Waals surface area contributed by atoms with Gasteiger partial charge >= 0.3 is 5.97 Å². The SMILES string of the molecule is CCCCCCCC=CCCC=CC(=O)O. The molecule has 0 aromatic rings. The van der Waals surface area contributed by atoms with Crippen LogP contribution in [0.25, 0.3) is 0 Å². The zero-order valence-electron chi connectivity index (χ0n) is 10.3. The Balaban J connectivity index is 3.19. The van der Waals surface area contributed by atoms with Crippen molar-refractivity contribution in [2.75, 3.05) is 0 Å². The average molecular weight is 224 g/mol. The van der Waals surface area contributed by atoms with Crippen LogP contribution in [0.2, 0.25) is 0 Å². The Bertz CT molecular complexity index is 217. The fourth-order valence-corrected chi connectivity index (χ4v) is 1.48. The molecule has 0 heterocycles. The fourth-order valence-electron chi connectivity index (χ4n) is 1.48. The highest BCUT2D eigenvalue weighted by Crippen LogP contribution is 2.05. The van der Waals surface area contributed by atoms with E-state index < -0.39 is 5.97 Å². The lowest BCUT2D eigenvalue weighted by Gasteiger charge is -1.95. The van der Waals surface area contributed by atoms with Crippen LogP contribution in [-0.4, -0.2) is 11.1 Å². The van der Waals surface area contributed by atoms with Gasteiger partial charge in [-0.2, -0.15) is 0 Å². The van der Waals surface area contributed by atoms with Crippen molar-refractivity contribution in [3.8, 4) is 0 Å². The minimum atomic E-state index is -0.861. The Kier molecular flexibility index (Phi) is 11.2. The molecular formula is C14H24O2. The largest absolute Gasteiger partial charge is 0.478 e. The van der Waals surface area contributed by atoms with Crippen molar-refractivity contribution in [1.29, 1.82) is 0 Å². The molecule has 0 aliphatic rings. The van der Waals surface area contributed by atoms with Gasteiger partial charge in [0.1, 0.15) is 0 Å². The summed E-state index contributed by atoms with van der Waals surface area (Å²) in [5.41, 5.74) is 0. The molecule has 0 unspecified atom stereocenters. The van der Waals surface area contributed by atoms with Crippen LogP contribution in [0.3, 0.4) is 0 Å². The maximum absolute atomic E-state index is 10.2. The maximum atomic E-state index is 10.2. The minimum Gasteiger partial charge on any atom is -0.478 e. The first-order valence-corrected chi connectivity index (χ1v) is 6.31. The summed E-state index contributed by atoms with van der Waals surface area (Å²) >= 11 is 0. The van der Waals surface area contributed by atoms with Gasteiger partial charge in [0.25, 0.3) is 0 Å². The topological polar surface area (TPSA) is 37.3 Å². The molecule has 2 nitrogen and oxygen atoms in total. The van der Waals surface area contributed by atoms with Gasteiger partial charge in [-0.1, -0.05) is 50.8 Å². The Hall–Kier alpha value is -1.05. The van der Waals surface area contributed by atoms with Crippen LogP contribution in [0.15, 0.2) is 24.3 Å². The molecule has 0 amide bonds. The fraction of sp³-hybridized carbons (Fsp3) is 0.643. The third kappa shape index (κ3) is 12.9. The molecule has 0 aliphatic carbocycles. The van der Waals surface area contributed by atoms with Crippen LogP contribution in [0.5, 0.6) is 0 Å². The summed E-state index contributed by atoms with van der Waals surface area (Å²) in [5.74, 6) is -0.861. The number of aliphatic carboxylic acids is 1. The van der Waals surface area contributed by atoms with Gasteiger partial charge in [0.2, 0.25) is 0 Å². The molecule has 1 N–H and O–H groups in total. The van der Waals surface area contributed by atoms with Gasteiger partial charge in [-0.3, -0.25) is 0 Å². The number of carboxylic acids is 1. The van der Waals surface area contributed by atoms with Gasteiger partial charge in [-0.25, -0.2) is 4.79 Å². The summed E-state index contributed by atoms with van der Waals surface area (Å²) in [7, 11) is 0. The Morgan fingerprint density at radius 1 is 0.938 bits per heavy atom. The maximum Gasteiger partial charge on any atom is 0.327 e. The number of hydrogen-bond acceptors (Lipinski definition) is 1. The molecule has 0 saturated heterocycles. The summed E-state index contributed by atoms with van der Waals surface area (Å²) in [6.45, 7) is 2.23. The van der Waals surface area contributed by atoms with Crippen LogP contribution in [0.1, 0.15) is 58.3 Å². The van der Waals surface area contributed by atoms with E-state index in [9.17, 15) is 4.79 Å². The molecule has 2 heteroatoms. The van der Waals surface area contributed by atoms with Crippen molar-refractivity contribution in [2.24, 2.45) is 0 Å². The van der Waals surface area contributed by atoms with Gasteiger partial charge in [0, 0.05) is 6.08 Å². The van der Waals surface area contributed by atoms with Gasteiger partial charge < -0.3 is 5.11 Å². The molecule has 0 saturated carbocycles. The summed E-state index contributed by atoms with van der Waals surface area (Å²) in [4.78, 5) is 10.2. The van der Waals surface area contributed by atoms with Crippen LogP contribution in [0, 0.1) is 0 Å². The zero-order chi connectivity index (χ0) is 12.1.